The molecule has 1 aromatic carbocycles. The Morgan fingerprint density at radius 2 is 2.17 bits per heavy atom. The summed E-state index contributed by atoms with van der Waals surface area (Å²) < 4.78 is 5.47. The molecule has 1 atom stereocenters. The maximum absolute atomic E-state index is 11.6. The van der Waals surface area contributed by atoms with Crippen LogP contribution in [0.1, 0.15) is 5.56 Å². The lowest BCUT2D eigenvalue weighted by Gasteiger charge is -2.09. The van der Waals surface area contributed by atoms with Gasteiger partial charge in [0.1, 0.15) is 4.83 Å². The predicted octanol–water partition coefficient (Wildman–Crippen LogP) is 2.04. The molecule has 98 valence electrons. The second kappa shape index (κ2) is 7.53. The number of nitrogens with one attached hydrogen (secondary N) is 1. The molecule has 0 spiro atoms. The third-order valence-corrected chi connectivity index (χ3v) is 3.38. The second-order valence-corrected chi connectivity index (χ2v) is 5.62. The Morgan fingerprint density at radius 3 is 2.78 bits per heavy atom. The van der Waals surface area contributed by atoms with E-state index in [1.807, 2.05) is 24.3 Å². The lowest BCUT2D eigenvalue weighted by molar-refractivity contribution is -0.139. The quantitative estimate of drug-likeness (QED) is 0.630. The number of rotatable bonds is 5. The van der Waals surface area contributed by atoms with E-state index in [1.165, 1.54) is 7.11 Å². The van der Waals surface area contributed by atoms with E-state index in [1.54, 1.807) is 0 Å². The summed E-state index contributed by atoms with van der Waals surface area (Å²) >= 11 is 6.47. The van der Waals surface area contributed by atoms with Crippen LogP contribution in [0.3, 0.4) is 0 Å². The normalized spacial score (nSPS) is 11.7. The maximum atomic E-state index is 11.6. The van der Waals surface area contributed by atoms with Crippen molar-refractivity contribution < 1.29 is 14.3 Å². The highest BCUT2D eigenvalue weighted by molar-refractivity contribution is 9.10. The molecular weight excluding hydrogens is 366 g/mol. The van der Waals surface area contributed by atoms with Crippen molar-refractivity contribution in [2.45, 2.75) is 11.2 Å². The first-order valence-corrected chi connectivity index (χ1v) is 6.97. The molecule has 0 aliphatic carbocycles. The minimum absolute atomic E-state index is 0.138. The molecule has 1 amide bonds. The molecule has 4 nitrogen and oxygen atoms in total. The third-order valence-electron chi connectivity index (χ3n) is 2.19. The number of methoxy groups -OCH3 is 1. The van der Waals surface area contributed by atoms with Crippen LogP contribution in [0, 0.1) is 0 Å². The lowest BCUT2D eigenvalue weighted by Crippen LogP contribution is -2.34. The van der Waals surface area contributed by atoms with Gasteiger partial charge in [-0.15, -0.1) is 0 Å². The van der Waals surface area contributed by atoms with Gasteiger partial charge in [-0.1, -0.05) is 44.0 Å². The largest absolute Gasteiger partial charge is 0.468 e. The van der Waals surface area contributed by atoms with Crippen LogP contribution in [-0.2, 0) is 20.7 Å². The van der Waals surface area contributed by atoms with Crippen LogP contribution < -0.4 is 5.32 Å². The lowest BCUT2D eigenvalue weighted by atomic mass is 10.1. The number of ether oxygens (including phenoxy) is 1. The van der Waals surface area contributed by atoms with Crippen LogP contribution in [-0.4, -0.2) is 30.4 Å². The van der Waals surface area contributed by atoms with Crippen molar-refractivity contribution in [1.82, 2.24) is 5.32 Å². The highest BCUT2D eigenvalue weighted by atomic mass is 79.9. The van der Waals surface area contributed by atoms with Crippen molar-refractivity contribution in [2.24, 2.45) is 0 Å². The molecule has 0 aliphatic rings. The van der Waals surface area contributed by atoms with Crippen molar-refractivity contribution in [3.05, 3.63) is 34.3 Å². The van der Waals surface area contributed by atoms with Gasteiger partial charge >= 0.3 is 5.97 Å². The predicted molar refractivity (Wildman–Crippen MR) is 75.6 cm³/mol. The van der Waals surface area contributed by atoms with Crippen molar-refractivity contribution in [3.63, 3.8) is 0 Å². The minimum atomic E-state index is -0.519. The summed E-state index contributed by atoms with van der Waals surface area (Å²) in [5.41, 5.74) is 0.908. The average Bonchev–Trinajstić information content (AvgIpc) is 2.35. The van der Waals surface area contributed by atoms with Gasteiger partial charge in [-0.3, -0.25) is 9.59 Å². The number of benzene rings is 1. The summed E-state index contributed by atoms with van der Waals surface area (Å²) in [5, 5.41) is 2.66. The molecule has 0 bridgehead atoms. The number of carbonyl (C=O) groups is 2. The zero-order chi connectivity index (χ0) is 13.5. The first kappa shape index (κ1) is 15.2. The van der Waals surface area contributed by atoms with Crippen molar-refractivity contribution in [3.8, 4) is 0 Å². The maximum Gasteiger partial charge on any atom is 0.321 e. The van der Waals surface area contributed by atoms with Gasteiger partial charge in [0, 0.05) is 11.0 Å². The molecule has 1 N–H and O–H groups in total. The van der Waals surface area contributed by atoms with Gasteiger partial charge in [0.25, 0.3) is 0 Å². The van der Waals surface area contributed by atoms with E-state index in [-0.39, 0.29) is 18.9 Å². The van der Waals surface area contributed by atoms with E-state index in [2.05, 4.69) is 41.9 Å². The Balaban J connectivity index is 2.41. The Kier molecular flexibility index (Phi) is 6.35. The van der Waals surface area contributed by atoms with Crippen molar-refractivity contribution in [1.29, 1.82) is 0 Å². The van der Waals surface area contributed by atoms with E-state index >= 15 is 0 Å². The Hall–Kier alpha value is -0.880. The van der Waals surface area contributed by atoms with E-state index < -0.39 is 10.8 Å². The summed E-state index contributed by atoms with van der Waals surface area (Å²) in [7, 11) is 1.31. The monoisotopic (exact) mass is 377 g/mol. The van der Waals surface area contributed by atoms with Gasteiger partial charge in [0.15, 0.2) is 0 Å². The summed E-state index contributed by atoms with van der Waals surface area (Å²) in [6.45, 7) is 0.208. The molecule has 1 unspecified atom stereocenters. The van der Waals surface area contributed by atoms with Crippen LogP contribution >= 0.6 is 31.9 Å². The SMILES string of the molecule is COC(=O)C(Br)CNC(=O)Cc1cccc(Br)c1. The zero-order valence-electron chi connectivity index (χ0n) is 9.78. The summed E-state index contributed by atoms with van der Waals surface area (Å²) in [6, 6.07) is 7.52. The first-order chi connectivity index (χ1) is 8.52. The van der Waals surface area contributed by atoms with Gasteiger partial charge in [-0.25, -0.2) is 0 Å². The number of halogens is 2. The van der Waals surface area contributed by atoms with Crippen molar-refractivity contribution in [2.75, 3.05) is 13.7 Å². The number of esters is 1. The molecular formula is C12H13Br2NO3. The number of hydrogen-bond donors (Lipinski definition) is 1. The standard InChI is InChI=1S/C12H13Br2NO3/c1-18-12(17)10(14)7-15-11(16)6-8-3-2-4-9(13)5-8/h2-5,10H,6-7H2,1H3,(H,15,16). The molecule has 1 aromatic rings. The number of amides is 1. The molecule has 0 aromatic heterocycles. The molecule has 0 fully saturated rings. The fourth-order valence-electron chi connectivity index (χ4n) is 1.31. The molecule has 0 radical (unpaired) electrons. The second-order valence-electron chi connectivity index (χ2n) is 3.60. The van der Waals surface area contributed by atoms with Crippen molar-refractivity contribution >= 4 is 43.7 Å². The van der Waals surface area contributed by atoms with Crippen LogP contribution in [0.25, 0.3) is 0 Å². The van der Waals surface area contributed by atoms with Gasteiger partial charge in [0.05, 0.1) is 13.5 Å². The van der Waals surface area contributed by atoms with Gasteiger partial charge in [-0.2, -0.15) is 0 Å². The van der Waals surface area contributed by atoms with Gasteiger partial charge in [-0.05, 0) is 17.7 Å². The number of alkyl halides is 1. The third kappa shape index (κ3) is 5.18. The van der Waals surface area contributed by atoms with E-state index in [4.69, 9.17) is 0 Å². The molecule has 1 rings (SSSR count). The van der Waals surface area contributed by atoms with Crippen LogP contribution in [0.2, 0.25) is 0 Å². The minimum Gasteiger partial charge on any atom is -0.468 e. The summed E-state index contributed by atoms with van der Waals surface area (Å²) in [6.07, 6.45) is 0.278. The van der Waals surface area contributed by atoms with Crippen LogP contribution in [0.15, 0.2) is 28.7 Å². The highest BCUT2D eigenvalue weighted by Gasteiger charge is 2.15. The summed E-state index contributed by atoms with van der Waals surface area (Å²) in [4.78, 5) is 22.2. The molecule has 0 saturated carbocycles. The molecule has 18 heavy (non-hydrogen) atoms. The highest BCUT2D eigenvalue weighted by Crippen LogP contribution is 2.12. The zero-order valence-corrected chi connectivity index (χ0v) is 13.0. The van der Waals surface area contributed by atoms with E-state index in [9.17, 15) is 9.59 Å². The Labute approximate surface area is 122 Å². The Morgan fingerprint density at radius 1 is 1.44 bits per heavy atom. The molecule has 0 heterocycles. The molecule has 0 saturated heterocycles. The smallest absolute Gasteiger partial charge is 0.321 e. The number of carbonyl (C=O) groups excluding carboxylic acids is 2. The topological polar surface area (TPSA) is 55.4 Å². The fourth-order valence-corrected chi connectivity index (χ4v) is 2.10. The number of hydrogen-bond acceptors (Lipinski definition) is 3. The average molecular weight is 379 g/mol. The van der Waals surface area contributed by atoms with Crippen LogP contribution in [0.4, 0.5) is 0 Å². The Bertz CT molecular complexity index is 437. The van der Waals surface area contributed by atoms with Crippen LogP contribution in [0.5, 0.6) is 0 Å². The van der Waals surface area contributed by atoms with Gasteiger partial charge in [0.2, 0.25) is 5.91 Å². The van der Waals surface area contributed by atoms with E-state index in [0.717, 1.165) is 10.0 Å². The first-order valence-electron chi connectivity index (χ1n) is 5.26. The van der Waals surface area contributed by atoms with E-state index in [0.29, 0.717) is 0 Å². The molecule has 0 aliphatic heterocycles. The molecule has 6 heteroatoms. The fraction of sp³-hybridized carbons (Fsp3) is 0.333. The van der Waals surface area contributed by atoms with Gasteiger partial charge < -0.3 is 10.1 Å². The summed E-state index contributed by atoms with van der Waals surface area (Å²) in [5.74, 6) is -0.542.